The summed E-state index contributed by atoms with van der Waals surface area (Å²) in [4.78, 5) is 42.3. The van der Waals surface area contributed by atoms with Crippen molar-refractivity contribution in [1.29, 1.82) is 0 Å². The highest BCUT2D eigenvalue weighted by Crippen LogP contribution is 2.42. The number of carbonyl (C=O) groups is 1. The molecular weight excluding hydrogens is 639 g/mol. The Morgan fingerprint density at radius 2 is 1.61 bits per heavy atom. The number of nitrogens with zero attached hydrogens (tertiary/aromatic N) is 2. The van der Waals surface area contributed by atoms with Crippen LogP contribution in [0.15, 0.2) is 83.7 Å². The normalized spacial score (nSPS) is 13.5. The molecule has 0 aliphatic heterocycles. The number of hydrogen-bond acceptors (Lipinski definition) is 7. The van der Waals surface area contributed by atoms with Crippen LogP contribution in [0.5, 0.6) is 5.75 Å². The number of carbonyl (C=O) groups excluding carboxylic acids is 1. The molecule has 4 rings (SSSR count). The van der Waals surface area contributed by atoms with E-state index >= 15 is 0 Å². The van der Waals surface area contributed by atoms with Crippen LogP contribution in [0.2, 0.25) is 18.1 Å². The average molecular weight is 688 g/mol. The number of nitro groups is 1. The van der Waals surface area contributed by atoms with E-state index in [1.54, 1.807) is 17.0 Å². The number of pyridine rings is 1. The molecule has 0 saturated heterocycles. The summed E-state index contributed by atoms with van der Waals surface area (Å²) in [5.41, 5.74) is 2.00. The smallest absolute Gasteiger partial charge is 0.410 e. The summed E-state index contributed by atoms with van der Waals surface area (Å²) in [7, 11) is -2.46. The SMILES string of the molecule is CC(Cc1cccc([N+](=O)[O-])c1)N(C[C@H](O[Si](C)(C)C(C)(C)C)c1ccc(OCc2ccccc2)c2[nH]c(=O)ccc12)C(=O)OC(C)(C)C. The number of amides is 1. The van der Waals surface area contributed by atoms with Gasteiger partial charge in [-0.2, -0.15) is 0 Å². The van der Waals surface area contributed by atoms with Crippen molar-refractivity contribution in [1.82, 2.24) is 9.88 Å². The molecular formula is C38H49N3O7Si. The number of aromatic nitrogens is 1. The van der Waals surface area contributed by atoms with Crippen molar-refractivity contribution in [2.24, 2.45) is 0 Å². The number of nitro benzene ring substituents is 1. The van der Waals surface area contributed by atoms with Gasteiger partial charge in [-0.1, -0.05) is 69.3 Å². The number of ether oxygens (including phenoxy) is 2. The highest BCUT2D eigenvalue weighted by molar-refractivity contribution is 6.74. The predicted molar refractivity (Wildman–Crippen MR) is 196 cm³/mol. The van der Waals surface area contributed by atoms with Crippen molar-refractivity contribution in [3.63, 3.8) is 0 Å². The molecule has 1 aromatic heterocycles. The zero-order chi connectivity index (χ0) is 36.1. The summed E-state index contributed by atoms with van der Waals surface area (Å²) in [6, 6.07) is 22.8. The minimum atomic E-state index is -2.46. The van der Waals surface area contributed by atoms with Crippen molar-refractivity contribution in [3.05, 3.63) is 116 Å². The van der Waals surface area contributed by atoms with Crippen molar-refractivity contribution in [3.8, 4) is 5.75 Å². The first-order valence-corrected chi connectivity index (χ1v) is 19.5. The third-order valence-corrected chi connectivity index (χ3v) is 13.4. The molecule has 0 fully saturated rings. The molecule has 0 saturated carbocycles. The Hall–Kier alpha value is -4.48. The Kier molecular flexibility index (Phi) is 11.4. The molecule has 262 valence electrons. The van der Waals surface area contributed by atoms with Crippen LogP contribution in [0.4, 0.5) is 10.5 Å². The molecule has 1 heterocycles. The second-order valence-corrected chi connectivity index (χ2v) is 19.8. The van der Waals surface area contributed by atoms with Crippen LogP contribution >= 0.6 is 0 Å². The third kappa shape index (κ3) is 9.79. The molecule has 0 bridgehead atoms. The zero-order valence-corrected chi connectivity index (χ0v) is 31.0. The quantitative estimate of drug-likeness (QED) is 0.0896. The molecule has 0 aliphatic rings. The van der Waals surface area contributed by atoms with Gasteiger partial charge < -0.3 is 23.8 Å². The fourth-order valence-corrected chi connectivity index (χ4v) is 6.56. The number of rotatable bonds is 12. The Bertz CT molecular complexity index is 1830. The van der Waals surface area contributed by atoms with Crippen LogP contribution in [0, 0.1) is 10.1 Å². The van der Waals surface area contributed by atoms with Gasteiger partial charge in [-0.3, -0.25) is 14.9 Å². The first-order valence-electron chi connectivity index (χ1n) is 16.6. The van der Waals surface area contributed by atoms with Gasteiger partial charge in [0.25, 0.3) is 5.69 Å². The molecule has 10 nitrogen and oxygen atoms in total. The first-order chi connectivity index (χ1) is 22.8. The second kappa shape index (κ2) is 15.0. The van der Waals surface area contributed by atoms with Crippen molar-refractivity contribution < 1.29 is 23.6 Å². The number of hydrogen-bond donors (Lipinski definition) is 1. The standard InChI is InChI=1S/C38H49N3O7Si/c1-26(22-28-16-13-17-29(23-28)41(44)45)40(36(43)47-37(2,3)4)24-33(48-49(8,9)38(5,6)7)30-18-20-32(35-31(30)19-21-34(42)39-35)46-25-27-14-11-10-12-15-27/h10-21,23,26,33H,22,24-25H2,1-9H3,(H,39,42)/t26?,33-/m0/s1. The molecule has 0 radical (unpaired) electrons. The van der Waals surface area contributed by atoms with E-state index in [0.717, 1.165) is 22.1 Å². The molecule has 4 aromatic rings. The number of nitrogens with one attached hydrogen (secondary N) is 1. The highest BCUT2D eigenvalue weighted by atomic mass is 28.4. The molecule has 0 aliphatic carbocycles. The maximum absolute atomic E-state index is 14.0. The number of aromatic amines is 1. The van der Waals surface area contributed by atoms with Gasteiger partial charge in [-0.05, 0) is 81.1 Å². The van der Waals surface area contributed by atoms with E-state index in [2.05, 4.69) is 38.8 Å². The van der Waals surface area contributed by atoms with E-state index in [1.807, 2.05) is 76.2 Å². The molecule has 11 heteroatoms. The van der Waals surface area contributed by atoms with Crippen molar-refractivity contribution in [2.75, 3.05) is 6.54 Å². The fraction of sp³-hybridized carbons (Fsp3) is 0.421. The second-order valence-electron chi connectivity index (χ2n) is 15.0. The van der Waals surface area contributed by atoms with Gasteiger partial charge in [0.05, 0.1) is 23.1 Å². The van der Waals surface area contributed by atoms with Crippen LogP contribution in [-0.4, -0.2) is 47.4 Å². The number of H-pyrrole nitrogens is 1. The summed E-state index contributed by atoms with van der Waals surface area (Å²) >= 11 is 0. The van der Waals surface area contributed by atoms with Gasteiger partial charge in [0.2, 0.25) is 5.56 Å². The van der Waals surface area contributed by atoms with E-state index in [9.17, 15) is 19.7 Å². The van der Waals surface area contributed by atoms with Crippen molar-refractivity contribution >= 4 is 31.0 Å². The van der Waals surface area contributed by atoms with Gasteiger partial charge >= 0.3 is 6.09 Å². The van der Waals surface area contributed by atoms with Crippen LogP contribution < -0.4 is 10.3 Å². The Morgan fingerprint density at radius 1 is 0.939 bits per heavy atom. The monoisotopic (exact) mass is 687 g/mol. The largest absolute Gasteiger partial charge is 0.487 e. The topological polar surface area (TPSA) is 124 Å². The van der Waals surface area contributed by atoms with Gasteiger partial charge in [-0.15, -0.1) is 0 Å². The lowest BCUT2D eigenvalue weighted by Gasteiger charge is -2.42. The molecule has 1 N–H and O–H groups in total. The van der Waals surface area contributed by atoms with Crippen LogP contribution in [-0.2, 0) is 22.2 Å². The minimum Gasteiger partial charge on any atom is -0.487 e. The molecule has 1 unspecified atom stereocenters. The van der Waals surface area contributed by atoms with Gasteiger partial charge in [0.15, 0.2) is 8.32 Å². The van der Waals surface area contributed by atoms with Gasteiger partial charge in [-0.25, -0.2) is 4.79 Å². The third-order valence-electron chi connectivity index (χ3n) is 8.89. The Labute approximate surface area is 289 Å². The molecule has 0 spiro atoms. The van der Waals surface area contributed by atoms with Crippen LogP contribution in [0.3, 0.4) is 0 Å². The maximum atomic E-state index is 14.0. The van der Waals surface area contributed by atoms with E-state index in [-0.39, 0.29) is 22.8 Å². The summed E-state index contributed by atoms with van der Waals surface area (Å²) in [6.07, 6.45) is -0.777. The Balaban J connectivity index is 1.81. The van der Waals surface area contributed by atoms with E-state index in [4.69, 9.17) is 13.9 Å². The minimum absolute atomic E-state index is 0.0114. The molecule has 49 heavy (non-hydrogen) atoms. The molecule has 2 atom stereocenters. The van der Waals surface area contributed by atoms with Crippen LogP contribution in [0.25, 0.3) is 10.9 Å². The van der Waals surface area contributed by atoms with E-state index in [1.165, 1.54) is 18.2 Å². The van der Waals surface area contributed by atoms with E-state index in [0.29, 0.717) is 24.3 Å². The average Bonchev–Trinajstić information content (AvgIpc) is 3.00. The predicted octanol–water partition coefficient (Wildman–Crippen LogP) is 8.95. The first kappa shape index (κ1) is 37.3. The summed E-state index contributed by atoms with van der Waals surface area (Å²) < 4.78 is 19.3. The fourth-order valence-electron chi connectivity index (χ4n) is 5.30. The lowest BCUT2D eigenvalue weighted by molar-refractivity contribution is -0.384. The maximum Gasteiger partial charge on any atom is 0.410 e. The highest BCUT2D eigenvalue weighted by Gasteiger charge is 2.41. The summed E-state index contributed by atoms with van der Waals surface area (Å²) in [5.74, 6) is 0.523. The number of benzene rings is 3. The summed E-state index contributed by atoms with van der Waals surface area (Å²) in [5, 5.41) is 12.1. The summed E-state index contributed by atoms with van der Waals surface area (Å²) in [6.45, 7) is 18.6. The van der Waals surface area contributed by atoms with Crippen LogP contribution in [0.1, 0.15) is 71.3 Å². The lowest BCUT2D eigenvalue weighted by Crippen LogP contribution is -2.48. The zero-order valence-electron chi connectivity index (χ0n) is 30.0. The molecule has 1 amide bonds. The Morgan fingerprint density at radius 3 is 2.24 bits per heavy atom. The van der Waals surface area contributed by atoms with Gasteiger partial charge in [0.1, 0.15) is 18.0 Å². The van der Waals surface area contributed by atoms with Gasteiger partial charge in [0, 0.05) is 29.6 Å². The number of non-ortho nitro benzene ring substituents is 1. The molecule has 3 aromatic carbocycles. The van der Waals surface area contributed by atoms with Crippen molar-refractivity contribution in [2.45, 2.75) is 97.4 Å². The lowest BCUT2D eigenvalue weighted by atomic mass is 10.0. The van der Waals surface area contributed by atoms with E-state index < -0.39 is 37.1 Å². The number of fused-ring (bicyclic) bond motifs is 1.